The van der Waals surface area contributed by atoms with Crippen molar-refractivity contribution in [2.75, 3.05) is 0 Å². The molecule has 0 aromatic heterocycles. The molecule has 6 heterocycles. The van der Waals surface area contributed by atoms with Gasteiger partial charge in [0.2, 0.25) is 0 Å². The zero-order valence-corrected chi connectivity index (χ0v) is 40.8. The average molecular weight is 946 g/mol. The standard InChI is InChI=1S/C56H70N8O4.Al/c1-5-13-33(14-6-1)65-37-21-25-41-45(29-37)53-57-49(41)62-54-47-31-39(67-35-17-9-3-10-18-35)23-27-43(47)51(59-54)64-56-48-32-40(68-36-19-11-4-12-20-36)24-28-44(48)52(60-56)63-55-46-30-38(66-34-15-7-2-8-16-34)22-26-42(46)50(58-55)61-53;/h1-20,37-57,60-64H,21-32H2;/q-2;+3. The van der Waals surface area contributed by atoms with Crippen molar-refractivity contribution in [3.63, 3.8) is 0 Å². The first-order valence-electron chi connectivity index (χ1n) is 26.9. The zero-order chi connectivity index (χ0) is 45.4. The summed E-state index contributed by atoms with van der Waals surface area (Å²) in [5, 5.41) is 26.8. The second kappa shape index (κ2) is 18.7. The number of fused-ring (bicyclic) bond motifs is 16. The Morgan fingerprint density at radius 3 is 0.913 bits per heavy atom. The third-order valence-corrected chi connectivity index (χ3v) is 20.6. The molecule has 14 rings (SSSR count). The van der Waals surface area contributed by atoms with E-state index in [4.69, 9.17) is 18.9 Å². The Kier molecular flexibility index (Phi) is 11.9. The van der Waals surface area contributed by atoms with E-state index in [0.717, 1.165) is 100 Å². The maximum absolute atomic E-state index is 6.90. The first kappa shape index (κ1) is 44.0. The molecule has 12 nitrogen and oxygen atoms in total. The fourth-order valence-electron chi connectivity index (χ4n) is 15.9. The Balaban J connectivity index is 0.839. The summed E-state index contributed by atoms with van der Waals surface area (Å²) in [6.45, 7) is 0. The molecule has 6 aliphatic heterocycles. The van der Waals surface area contributed by atoms with Gasteiger partial charge in [-0.15, -0.1) is 0 Å². The van der Waals surface area contributed by atoms with Crippen LogP contribution < -0.4 is 50.8 Å². The molecule has 10 fully saturated rings. The molecule has 10 aliphatic rings. The van der Waals surface area contributed by atoms with Crippen LogP contribution in [0.25, 0.3) is 0 Å². The Morgan fingerprint density at radius 2 is 0.580 bits per heavy atom. The van der Waals surface area contributed by atoms with Gasteiger partial charge in [0.15, 0.2) is 0 Å². The summed E-state index contributed by atoms with van der Waals surface area (Å²) in [5.41, 5.74) is 0. The summed E-state index contributed by atoms with van der Waals surface area (Å²) in [6.07, 6.45) is 15.6. The quantitative estimate of drug-likeness (QED) is 0.104. The van der Waals surface area contributed by atoms with E-state index in [1.54, 1.807) is 0 Å². The normalized spacial score (nSPS) is 43.1. The predicted octanol–water partition coefficient (Wildman–Crippen LogP) is 6.81. The van der Waals surface area contributed by atoms with Crippen LogP contribution >= 0.6 is 0 Å². The number of nitrogens with one attached hydrogen (secondary N) is 6. The van der Waals surface area contributed by atoms with Crippen molar-refractivity contribution in [3.8, 4) is 23.0 Å². The number of ether oxygens (including phenoxy) is 4. The van der Waals surface area contributed by atoms with Crippen molar-refractivity contribution < 1.29 is 18.9 Å². The van der Waals surface area contributed by atoms with Gasteiger partial charge in [-0.1, -0.05) is 0 Å². The zero-order valence-electron chi connectivity index (χ0n) is 39.7. The second-order valence-electron chi connectivity index (χ2n) is 22.5. The second-order valence-corrected chi connectivity index (χ2v) is 23.9. The third kappa shape index (κ3) is 8.40. The number of hydrogen-bond acceptors (Lipinski definition) is 12. The van der Waals surface area contributed by atoms with Crippen LogP contribution in [-0.4, -0.2) is 97.2 Å². The van der Waals surface area contributed by atoms with Crippen molar-refractivity contribution in [3.05, 3.63) is 121 Å². The summed E-state index contributed by atoms with van der Waals surface area (Å²) in [7, 11) is 0. The number of benzene rings is 4. The van der Waals surface area contributed by atoms with E-state index >= 15 is 0 Å². The fraction of sp³-hybridized carbons (Fsp3) is 0.571. The number of nitrogens with zero attached hydrogens (tertiary/aromatic N) is 2. The van der Waals surface area contributed by atoms with Gasteiger partial charge in [-0.2, -0.15) is 0 Å². The maximum atomic E-state index is 6.90. The monoisotopic (exact) mass is 946 g/mol. The fourth-order valence-corrected chi connectivity index (χ4v) is 18.0. The molecule has 69 heavy (non-hydrogen) atoms. The first-order chi connectivity index (χ1) is 34.1. The number of hydrogen-bond donors (Lipinski definition) is 6. The molecule has 6 saturated heterocycles. The molecular formula is C56H70AlN8O4+. The molecule has 360 valence electrons. The molecule has 6 N–H and O–H groups in total. The molecule has 4 aliphatic carbocycles. The minimum atomic E-state index is -0.270. The van der Waals surface area contributed by atoms with Crippen LogP contribution in [0.4, 0.5) is 0 Å². The summed E-state index contributed by atoms with van der Waals surface area (Å²) in [6, 6.07) is 42.2. The van der Waals surface area contributed by atoms with E-state index in [0.29, 0.717) is 47.3 Å². The van der Waals surface area contributed by atoms with E-state index < -0.39 is 0 Å². The minimum absolute atomic E-state index is 0.184. The summed E-state index contributed by atoms with van der Waals surface area (Å²) < 4.78 is 33.4. The SMILES string of the molecule is c1ccc(OC2CCC3C4NC(NC5C6CCC(Oc7ccccc7)CC6C6NC7NC(NC8C9CCC(Oc%10ccccc%10)CC9C(N4)[N]8[Al+][N]56)C4CC(Oc5ccccc5)CCC74)C3C2)cc1. The van der Waals surface area contributed by atoms with Crippen LogP contribution in [0.2, 0.25) is 0 Å². The molecule has 4 aromatic rings. The Labute approximate surface area is 414 Å². The third-order valence-electron chi connectivity index (χ3n) is 18.8. The van der Waals surface area contributed by atoms with Crippen molar-refractivity contribution in [2.24, 2.45) is 47.3 Å². The van der Waals surface area contributed by atoms with Crippen LogP contribution in [0, 0.1) is 47.3 Å². The van der Waals surface area contributed by atoms with Crippen molar-refractivity contribution in [1.29, 1.82) is 0 Å². The topological polar surface area (TPSA) is 116 Å². The van der Waals surface area contributed by atoms with Gasteiger partial charge in [-0.05, 0) is 0 Å². The molecule has 4 aromatic carbocycles. The van der Waals surface area contributed by atoms with E-state index in [2.05, 4.69) is 161 Å². The molecule has 20 unspecified atom stereocenters. The number of para-hydroxylation sites is 4. The van der Waals surface area contributed by atoms with Gasteiger partial charge in [-0.25, -0.2) is 0 Å². The van der Waals surface area contributed by atoms with Crippen LogP contribution in [0.15, 0.2) is 121 Å². The molecule has 20 atom stereocenters. The van der Waals surface area contributed by atoms with Gasteiger partial charge in [0.25, 0.3) is 0 Å². The molecule has 0 radical (unpaired) electrons. The van der Waals surface area contributed by atoms with Gasteiger partial charge in [0, 0.05) is 0 Å². The van der Waals surface area contributed by atoms with Crippen LogP contribution in [0.1, 0.15) is 77.0 Å². The predicted molar refractivity (Wildman–Crippen MR) is 265 cm³/mol. The van der Waals surface area contributed by atoms with Gasteiger partial charge < -0.3 is 0 Å². The van der Waals surface area contributed by atoms with Crippen LogP contribution in [0.5, 0.6) is 23.0 Å². The average Bonchev–Trinajstić information content (AvgIpc) is 4.07. The summed E-state index contributed by atoms with van der Waals surface area (Å²) in [4.78, 5) is 0. The van der Waals surface area contributed by atoms with Gasteiger partial charge in [0.05, 0.1) is 0 Å². The van der Waals surface area contributed by atoms with Crippen LogP contribution in [0.3, 0.4) is 0 Å². The van der Waals surface area contributed by atoms with Crippen molar-refractivity contribution >= 4 is 15.7 Å². The Hall–Kier alpha value is -3.71. The van der Waals surface area contributed by atoms with Crippen molar-refractivity contribution in [2.45, 2.75) is 151 Å². The molecule has 13 heteroatoms. The Bertz CT molecular complexity index is 2200. The van der Waals surface area contributed by atoms with E-state index in [9.17, 15) is 0 Å². The summed E-state index contributed by atoms with van der Waals surface area (Å²) in [5.74, 6) is 7.75. The van der Waals surface area contributed by atoms with Gasteiger partial charge >= 0.3 is 417 Å². The summed E-state index contributed by atoms with van der Waals surface area (Å²) >= 11 is -0.270. The molecule has 4 saturated carbocycles. The number of rotatable bonds is 8. The Morgan fingerprint density at radius 1 is 0.304 bits per heavy atom. The van der Waals surface area contributed by atoms with E-state index in [-0.39, 0.29) is 89.4 Å². The first-order valence-corrected chi connectivity index (χ1v) is 28.0. The van der Waals surface area contributed by atoms with Gasteiger partial charge in [-0.3, -0.25) is 0 Å². The van der Waals surface area contributed by atoms with E-state index in [1.165, 1.54) is 0 Å². The molecule has 0 spiro atoms. The molecular weight excluding hydrogens is 876 g/mol. The molecule has 0 amide bonds. The van der Waals surface area contributed by atoms with E-state index in [1.807, 2.05) is 0 Å². The van der Waals surface area contributed by atoms with Gasteiger partial charge in [0.1, 0.15) is 0 Å². The van der Waals surface area contributed by atoms with Crippen molar-refractivity contribution in [1.82, 2.24) is 39.7 Å². The van der Waals surface area contributed by atoms with Crippen LogP contribution in [-0.2, 0) is 0 Å². The molecule has 6 bridgehead atoms.